The summed E-state index contributed by atoms with van der Waals surface area (Å²) in [6.45, 7) is 8.31. The van der Waals surface area contributed by atoms with Crippen LogP contribution in [0.1, 0.15) is 98.3 Å². The summed E-state index contributed by atoms with van der Waals surface area (Å²) in [7, 11) is -3.84. The van der Waals surface area contributed by atoms with Gasteiger partial charge in [0.25, 0.3) is 5.91 Å². The van der Waals surface area contributed by atoms with Gasteiger partial charge in [0.2, 0.25) is 17.6 Å². The Bertz CT molecular complexity index is 1600. The van der Waals surface area contributed by atoms with Gasteiger partial charge in [0.15, 0.2) is 9.84 Å². The van der Waals surface area contributed by atoms with Crippen LogP contribution in [0.25, 0.3) is 0 Å². The van der Waals surface area contributed by atoms with Crippen LogP contribution in [-0.4, -0.2) is 85.4 Å². The molecule has 0 radical (unpaired) electrons. The Morgan fingerprint density at radius 1 is 1.06 bits per heavy atom. The molecule has 5 amide bonds. The lowest BCUT2D eigenvalue weighted by Crippen LogP contribution is -2.63. The van der Waals surface area contributed by atoms with E-state index >= 15 is 0 Å². The number of carbonyl (C=O) groups excluding carboxylic acids is 5. The average molecular weight is 730 g/mol. The molecule has 1 saturated heterocycles. The highest BCUT2D eigenvalue weighted by Gasteiger charge is 2.58. The number of hydrogen-bond donors (Lipinski definition) is 4. The number of benzene rings is 1. The van der Waals surface area contributed by atoms with E-state index in [0.29, 0.717) is 38.2 Å². The Balaban J connectivity index is 1.30. The number of nitrogens with two attached hydrogens (primary N) is 1. The van der Waals surface area contributed by atoms with E-state index < -0.39 is 68.5 Å². The van der Waals surface area contributed by atoms with Crippen LogP contribution in [-0.2, 0) is 29.0 Å². The van der Waals surface area contributed by atoms with E-state index in [4.69, 9.17) is 10.5 Å². The van der Waals surface area contributed by atoms with Crippen molar-refractivity contribution in [2.75, 3.05) is 18.9 Å². The van der Waals surface area contributed by atoms with E-state index in [1.54, 1.807) is 12.1 Å². The Labute approximate surface area is 301 Å². The lowest BCUT2D eigenvalue weighted by Gasteiger charge is -2.40. The Morgan fingerprint density at radius 2 is 1.76 bits per heavy atom. The second kappa shape index (κ2) is 15.5. The molecule has 0 spiro atoms. The van der Waals surface area contributed by atoms with E-state index in [0.717, 1.165) is 51.4 Å². The van der Waals surface area contributed by atoms with Gasteiger partial charge in [0.05, 0.1) is 28.8 Å². The molecule has 1 aromatic carbocycles. The van der Waals surface area contributed by atoms with Crippen molar-refractivity contribution >= 4 is 39.4 Å². The molecule has 14 heteroatoms. The number of Topliss-reactive ketones (excluding diaryl/α,β-unsaturated/α-hetero) is 1. The number of sulfone groups is 1. The molecular formula is C37H55N5O8S. The number of likely N-dealkylation sites (tertiary alicyclic amines) is 1. The SMILES string of the molecule is CCCCOc1cccc(S(=O)(=O)CC2(NC(=O)N[C@H](C(=O)N3C[C@@H]4C[C@@H]4[C@H]3C(=O)NC(CC3CC3)C(=O)C(N)=O)C(C)(C)C)CCCCC2)c1. The van der Waals surface area contributed by atoms with E-state index in [1.165, 1.54) is 17.0 Å². The second-order valence-corrected chi connectivity index (χ2v) is 18.2. The van der Waals surface area contributed by atoms with Gasteiger partial charge in [0, 0.05) is 6.54 Å². The summed E-state index contributed by atoms with van der Waals surface area (Å²) in [6.07, 6.45) is 8.03. The minimum Gasteiger partial charge on any atom is -0.494 e. The van der Waals surface area contributed by atoms with Crippen LogP contribution in [0.4, 0.5) is 4.79 Å². The molecule has 0 bridgehead atoms. The van der Waals surface area contributed by atoms with Crippen molar-refractivity contribution < 1.29 is 37.1 Å². The molecule has 1 heterocycles. The molecule has 3 aliphatic carbocycles. The van der Waals surface area contributed by atoms with Crippen LogP contribution >= 0.6 is 0 Å². The van der Waals surface area contributed by atoms with Gasteiger partial charge in [-0.1, -0.05) is 72.3 Å². The molecule has 3 saturated carbocycles. The van der Waals surface area contributed by atoms with Crippen molar-refractivity contribution in [2.24, 2.45) is 28.9 Å². The van der Waals surface area contributed by atoms with E-state index in [-0.39, 0.29) is 28.4 Å². The highest BCUT2D eigenvalue weighted by Crippen LogP contribution is 2.50. The van der Waals surface area contributed by atoms with E-state index in [2.05, 4.69) is 16.0 Å². The topological polar surface area (TPSA) is 194 Å². The van der Waals surface area contributed by atoms with Crippen molar-refractivity contribution in [1.82, 2.24) is 20.9 Å². The van der Waals surface area contributed by atoms with Crippen LogP contribution in [0.2, 0.25) is 0 Å². The number of nitrogens with zero attached hydrogens (tertiary/aromatic N) is 1. The minimum atomic E-state index is -3.84. The third-order valence-electron chi connectivity index (χ3n) is 10.8. The van der Waals surface area contributed by atoms with Crippen molar-refractivity contribution in [3.63, 3.8) is 0 Å². The van der Waals surface area contributed by atoms with Gasteiger partial charge in [-0.3, -0.25) is 19.2 Å². The third-order valence-corrected chi connectivity index (χ3v) is 12.7. The fourth-order valence-corrected chi connectivity index (χ4v) is 9.51. The summed E-state index contributed by atoms with van der Waals surface area (Å²) < 4.78 is 33.4. The predicted octanol–water partition coefficient (Wildman–Crippen LogP) is 3.24. The molecule has 4 aliphatic rings. The summed E-state index contributed by atoms with van der Waals surface area (Å²) in [5.74, 6) is -2.45. The first-order valence-electron chi connectivity index (χ1n) is 18.5. The average Bonchev–Trinajstić information content (AvgIpc) is 4.00. The lowest BCUT2D eigenvalue weighted by molar-refractivity contribution is -0.144. The molecule has 5 N–H and O–H groups in total. The molecule has 5 rings (SSSR count). The molecule has 4 fully saturated rings. The van der Waals surface area contributed by atoms with Crippen molar-refractivity contribution in [3.8, 4) is 5.75 Å². The van der Waals surface area contributed by atoms with Gasteiger partial charge in [-0.25, -0.2) is 13.2 Å². The van der Waals surface area contributed by atoms with Crippen LogP contribution in [0.15, 0.2) is 29.2 Å². The van der Waals surface area contributed by atoms with Gasteiger partial charge in [-0.05, 0) is 73.5 Å². The smallest absolute Gasteiger partial charge is 0.315 e. The fraction of sp³-hybridized carbons (Fsp3) is 0.703. The van der Waals surface area contributed by atoms with Crippen molar-refractivity contribution in [2.45, 2.75) is 127 Å². The van der Waals surface area contributed by atoms with Crippen LogP contribution in [0.5, 0.6) is 5.75 Å². The molecular weight excluding hydrogens is 675 g/mol. The summed E-state index contributed by atoms with van der Waals surface area (Å²) in [4.78, 5) is 67.7. The molecule has 13 nitrogen and oxygen atoms in total. The maximum absolute atomic E-state index is 14.3. The first-order valence-corrected chi connectivity index (χ1v) is 20.2. The van der Waals surface area contributed by atoms with E-state index in [1.807, 2.05) is 27.7 Å². The van der Waals surface area contributed by atoms with Gasteiger partial charge >= 0.3 is 6.03 Å². The summed E-state index contributed by atoms with van der Waals surface area (Å²) in [5, 5.41) is 8.59. The zero-order valence-corrected chi connectivity index (χ0v) is 31.2. The molecule has 5 atom stereocenters. The first kappa shape index (κ1) is 38.5. The largest absolute Gasteiger partial charge is 0.494 e. The van der Waals surface area contributed by atoms with Crippen LogP contribution < -0.4 is 26.4 Å². The normalized spacial score (nSPS) is 23.7. The fourth-order valence-electron chi connectivity index (χ4n) is 7.67. The number of hydrogen-bond acceptors (Lipinski definition) is 8. The standard InChI is InChI=1S/C37H55N5O8S/c1-5-6-17-50-25-11-10-12-26(20-25)51(48,49)22-37(15-8-7-9-16-37)41-35(47)40-31(36(2,3)4)34(46)42-21-24-19-27(24)29(42)33(45)39-28(18-23-13-14-23)30(43)32(38)44/h10-12,20,23-24,27-29,31H,5-9,13-19,21-22H2,1-4H3,(H2,38,44)(H,39,45)(H2,40,41,47)/t24-,27-,28?,29-,31+/m0/s1. The third kappa shape index (κ3) is 9.61. The lowest BCUT2D eigenvalue weighted by atomic mass is 9.83. The Hall–Kier alpha value is -3.68. The Kier molecular flexibility index (Phi) is 11.7. The van der Waals surface area contributed by atoms with Gasteiger partial charge in [0.1, 0.15) is 17.8 Å². The molecule has 282 valence electrons. The predicted molar refractivity (Wildman–Crippen MR) is 190 cm³/mol. The molecule has 1 aromatic rings. The van der Waals surface area contributed by atoms with Gasteiger partial charge < -0.3 is 31.3 Å². The molecule has 51 heavy (non-hydrogen) atoms. The van der Waals surface area contributed by atoms with E-state index in [9.17, 15) is 32.4 Å². The maximum atomic E-state index is 14.3. The Morgan fingerprint density at radius 3 is 2.39 bits per heavy atom. The molecule has 0 aromatic heterocycles. The zero-order chi connectivity index (χ0) is 37.1. The number of carbonyl (C=O) groups is 5. The number of nitrogens with one attached hydrogen (secondary N) is 3. The minimum absolute atomic E-state index is 0.0834. The quantitative estimate of drug-likeness (QED) is 0.147. The number of primary amides is 1. The zero-order valence-electron chi connectivity index (χ0n) is 30.4. The summed E-state index contributed by atoms with van der Waals surface area (Å²) in [5.41, 5.74) is 3.46. The summed E-state index contributed by atoms with van der Waals surface area (Å²) >= 11 is 0. The second-order valence-electron chi connectivity index (χ2n) is 16.2. The number of ether oxygens (including phenoxy) is 1. The number of unbranched alkanes of at least 4 members (excludes halogenated alkanes) is 1. The van der Waals surface area contributed by atoms with Gasteiger partial charge in [-0.15, -0.1) is 0 Å². The highest BCUT2D eigenvalue weighted by molar-refractivity contribution is 7.91. The number of amides is 5. The molecule has 1 aliphatic heterocycles. The highest BCUT2D eigenvalue weighted by atomic mass is 32.2. The van der Waals surface area contributed by atoms with Crippen molar-refractivity contribution in [3.05, 3.63) is 24.3 Å². The first-order chi connectivity index (χ1) is 24.0. The van der Waals surface area contributed by atoms with Gasteiger partial charge in [-0.2, -0.15) is 0 Å². The number of fused-ring (bicyclic) bond motifs is 1. The number of rotatable bonds is 16. The summed E-state index contributed by atoms with van der Waals surface area (Å²) in [6, 6.07) is 2.85. The monoisotopic (exact) mass is 729 g/mol. The number of urea groups is 1. The number of ketones is 1. The van der Waals surface area contributed by atoms with Crippen LogP contribution in [0.3, 0.4) is 0 Å². The maximum Gasteiger partial charge on any atom is 0.315 e. The van der Waals surface area contributed by atoms with Crippen molar-refractivity contribution in [1.29, 1.82) is 0 Å². The number of piperidine rings is 1. The van der Waals surface area contributed by atoms with Crippen LogP contribution in [0, 0.1) is 23.2 Å². The molecule has 1 unspecified atom stereocenters.